The number of carbonyl (C=O) groups excluding carboxylic acids is 2. The van der Waals surface area contributed by atoms with Gasteiger partial charge in [-0.25, -0.2) is 4.79 Å². The molecule has 2 aromatic carbocycles. The lowest BCUT2D eigenvalue weighted by atomic mass is 9.85. The highest BCUT2D eigenvalue weighted by Crippen LogP contribution is 2.36. The number of ether oxygens (including phenoxy) is 1. The molecule has 9 heteroatoms. The van der Waals surface area contributed by atoms with Crippen LogP contribution in [0.25, 0.3) is 10.1 Å². The van der Waals surface area contributed by atoms with E-state index in [1.165, 1.54) is 16.2 Å². The van der Waals surface area contributed by atoms with Crippen LogP contribution < -0.4 is 4.74 Å². The molecule has 1 aliphatic heterocycles. The molecule has 178 valence electrons. The number of hydrogen-bond acceptors (Lipinski definition) is 5. The maximum atomic E-state index is 13.6. The molecule has 0 saturated carbocycles. The number of rotatable bonds is 8. The molecule has 2 amide bonds. The molecule has 7 nitrogen and oxygen atoms in total. The van der Waals surface area contributed by atoms with Gasteiger partial charge in [-0.05, 0) is 49.6 Å². The molecule has 1 fully saturated rings. The van der Waals surface area contributed by atoms with E-state index in [0.717, 1.165) is 15.6 Å². The largest absolute Gasteiger partial charge is 0.481 e. The molecule has 0 aliphatic carbocycles. The van der Waals surface area contributed by atoms with E-state index in [4.69, 9.17) is 21.4 Å². The lowest BCUT2D eigenvalue weighted by Crippen LogP contribution is -2.68. The quantitative estimate of drug-likeness (QED) is 0.446. The molecule has 1 unspecified atom stereocenters. The number of carboxylic acid groups (broad SMARTS) is 1. The second-order valence-corrected chi connectivity index (χ2v) is 9.84. The van der Waals surface area contributed by atoms with E-state index in [0.29, 0.717) is 36.7 Å². The maximum absolute atomic E-state index is 13.6. The minimum absolute atomic E-state index is 0.0436. The fourth-order valence-electron chi connectivity index (χ4n) is 4.08. The summed E-state index contributed by atoms with van der Waals surface area (Å²) in [6, 6.07) is 14.8. The second kappa shape index (κ2) is 10.0. The fourth-order valence-corrected chi connectivity index (χ4v) is 5.07. The van der Waals surface area contributed by atoms with Gasteiger partial charge in [0.1, 0.15) is 5.54 Å². The standard InChI is InChI=1S/C25H25ClN2O5S/c1-25(12-14-28(25)24(32)33-20-16-34-21-6-3-2-5-19(20)21)23(31)27(13-4-7-22(29)30)15-17-8-10-18(26)11-9-17/h2-3,5-6,8-11,16H,4,7,12-15H2,1H3,(H,29,30). The topological polar surface area (TPSA) is 87.2 Å². The van der Waals surface area contributed by atoms with Gasteiger partial charge < -0.3 is 14.7 Å². The van der Waals surface area contributed by atoms with E-state index >= 15 is 0 Å². The van der Waals surface area contributed by atoms with Crippen LogP contribution in [0.2, 0.25) is 5.02 Å². The van der Waals surface area contributed by atoms with E-state index in [1.807, 2.05) is 36.4 Å². The number of nitrogens with zero attached hydrogens (tertiary/aromatic N) is 2. The van der Waals surface area contributed by atoms with Crippen molar-refractivity contribution in [1.29, 1.82) is 0 Å². The molecule has 1 atom stereocenters. The van der Waals surface area contributed by atoms with Gasteiger partial charge in [0.15, 0.2) is 5.75 Å². The van der Waals surface area contributed by atoms with Crippen LogP contribution in [0.5, 0.6) is 5.75 Å². The van der Waals surface area contributed by atoms with Crippen molar-refractivity contribution < 1.29 is 24.2 Å². The summed E-state index contributed by atoms with van der Waals surface area (Å²) in [5.74, 6) is -0.667. The lowest BCUT2D eigenvalue weighted by molar-refractivity contribution is -0.150. The Hall–Kier alpha value is -3.10. The Bertz CT molecular complexity index is 1210. The van der Waals surface area contributed by atoms with Crippen molar-refractivity contribution in [3.8, 4) is 5.75 Å². The van der Waals surface area contributed by atoms with Gasteiger partial charge in [0.05, 0.1) is 0 Å². The Morgan fingerprint density at radius 2 is 1.91 bits per heavy atom. The van der Waals surface area contributed by atoms with Crippen LogP contribution in [0.4, 0.5) is 4.79 Å². The van der Waals surface area contributed by atoms with Crippen LogP contribution >= 0.6 is 22.9 Å². The third-order valence-corrected chi connectivity index (χ3v) is 7.33. The molecule has 0 bridgehead atoms. The van der Waals surface area contributed by atoms with Crippen LogP contribution in [0.15, 0.2) is 53.9 Å². The predicted molar refractivity (Wildman–Crippen MR) is 131 cm³/mol. The second-order valence-electron chi connectivity index (χ2n) is 8.49. The van der Waals surface area contributed by atoms with Crippen molar-refractivity contribution in [2.45, 2.75) is 38.3 Å². The van der Waals surface area contributed by atoms with Gasteiger partial charge in [-0.3, -0.25) is 14.5 Å². The Morgan fingerprint density at radius 1 is 1.18 bits per heavy atom. The average Bonchev–Trinajstić information content (AvgIpc) is 3.20. The number of amides is 2. The monoisotopic (exact) mass is 500 g/mol. The SMILES string of the molecule is CC1(C(=O)N(CCCC(=O)O)Cc2ccc(Cl)cc2)CCN1C(=O)Oc1csc2ccccc12. The summed E-state index contributed by atoms with van der Waals surface area (Å²) in [4.78, 5) is 40.7. The molecule has 1 saturated heterocycles. The summed E-state index contributed by atoms with van der Waals surface area (Å²) in [5, 5.41) is 12.3. The van der Waals surface area contributed by atoms with Gasteiger partial charge in [-0.15, -0.1) is 11.3 Å². The van der Waals surface area contributed by atoms with E-state index < -0.39 is 17.6 Å². The van der Waals surface area contributed by atoms with E-state index in [-0.39, 0.29) is 18.9 Å². The summed E-state index contributed by atoms with van der Waals surface area (Å²) in [6.07, 6.45) is 0.206. The molecule has 34 heavy (non-hydrogen) atoms. The molecule has 4 rings (SSSR count). The van der Waals surface area contributed by atoms with Gasteiger partial charge in [-0.1, -0.05) is 35.9 Å². The first-order chi connectivity index (χ1) is 16.3. The molecule has 3 aromatic rings. The molecular weight excluding hydrogens is 476 g/mol. The number of aliphatic carboxylic acids is 1. The van der Waals surface area contributed by atoms with E-state index in [1.54, 1.807) is 29.3 Å². The van der Waals surface area contributed by atoms with Crippen molar-refractivity contribution in [3.05, 3.63) is 64.5 Å². The van der Waals surface area contributed by atoms with Crippen LogP contribution in [-0.2, 0) is 16.1 Å². The van der Waals surface area contributed by atoms with Gasteiger partial charge in [0, 0.05) is 46.5 Å². The number of carboxylic acids is 1. The first-order valence-electron chi connectivity index (χ1n) is 11.0. The summed E-state index contributed by atoms with van der Waals surface area (Å²) in [5.41, 5.74) is -0.187. The van der Waals surface area contributed by atoms with Crippen molar-refractivity contribution in [2.24, 2.45) is 0 Å². The number of likely N-dealkylation sites (tertiary alicyclic amines) is 1. The normalized spacial score (nSPS) is 17.3. The zero-order valence-electron chi connectivity index (χ0n) is 18.7. The van der Waals surface area contributed by atoms with Gasteiger partial charge in [0.25, 0.3) is 0 Å². The molecular formula is C25H25ClN2O5S. The smallest absolute Gasteiger partial charge is 0.416 e. The highest BCUT2D eigenvalue weighted by molar-refractivity contribution is 7.17. The zero-order valence-corrected chi connectivity index (χ0v) is 20.3. The number of thiophene rings is 1. The van der Waals surface area contributed by atoms with Crippen LogP contribution in [0, 0.1) is 0 Å². The first-order valence-corrected chi connectivity index (χ1v) is 12.2. The molecule has 1 aromatic heterocycles. The Morgan fingerprint density at radius 3 is 2.59 bits per heavy atom. The van der Waals surface area contributed by atoms with E-state index in [2.05, 4.69) is 0 Å². The third-order valence-electron chi connectivity index (χ3n) is 6.13. The fraction of sp³-hybridized carbons (Fsp3) is 0.320. The van der Waals surface area contributed by atoms with Gasteiger partial charge in [-0.2, -0.15) is 0 Å². The number of hydrogen-bond donors (Lipinski definition) is 1. The summed E-state index contributed by atoms with van der Waals surface area (Å²) in [7, 11) is 0. The van der Waals surface area contributed by atoms with Crippen LogP contribution in [-0.4, -0.2) is 51.5 Å². The van der Waals surface area contributed by atoms with Crippen molar-refractivity contribution >= 4 is 51.0 Å². The molecule has 1 aliphatic rings. The van der Waals surface area contributed by atoms with Gasteiger partial charge in [0.2, 0.25) is 5.91 Å². The minimum Gasteiger partial charge on any atom is -0.481 e. The van der Waals surface area contributed by atoms with Gasteiger partial charge >= 0.3 is 12.1 Å². The Labute approximate surface area is 206 Å². The molecule has 1 N–H and O–H groups in total. The third kappa shape index (κ3) is 5.03. The predicted octanol–water partition coefficient (Wildman–Crippen LogP) is 5.41. The number of halogens is 1. The first kappa shape index (κ1) is 24.0. The maximum Gasteiger partial charge on any atom is 0.416 e. The number of carbonyl (C=O) groups is 3. The van der Waals surface area contributed by atoms with Crippen molar-refractivity contribution in [1.82, 2.24) is 9.80 Å². The summed E-state index contributed by atoms with van der Waals surface area (Å²) < 4.78 is 6.69. The summed E-state index contributed by atoms with van der Waals surface area (Å²) >= 11 is 7.47. The van der Waals surface area contributed by atoms with Crippen molar-refractivity contribution in [3.63, 3.8) is 0 Å². The highest BCUT2D eigenvalue weighted by atomic mass is 35.5. The van der Waals surface area contributed by atoms with Crippen LogP contribution in [0.1, 0.15) is 31.7 Å². The molecule has 0 radical (unpaired) electrons. The summed E-state index contributed by atoms with van der Waals surface area (Å²) in [6.45, 7) is 2.70. The van der Waals surface area contributed by atoms with Crippen LogP contribution in [0.3, 0.4) is 0 Å². The Balaban J connectivity index is 1.50. The zero-order chi connectivity index (χ0) is 24.3. The highest BCUT2D eigenvalue weighted by Gasteiger charge is 2.52. The number of fused-ring (bicyclic) bond motifs is 1. The molecule has 2 heterocycles. The van der Waals surface area contributed by atoms with Crippen molar-refractivity contribution in [2.75, 3.05) is 13.1 Å². The lowest BCUT2D eigenvalue weighted by Gasteiger charge is -2.49. The van der Waals surface area contributed by atoms with E-state index in [9.17, 15) is 14.4 Å². The number of benzene rings is 2. The minimum atomic E-state index is -1.06. The average molecular weight is 501 g/mol. The molecule has 0 spiro atoms. The Kier molecular flexibility index (Phi) is 7.09.